The Morgan fingerprint density at radius 2 is 1.77 bits per heavy atom. The van der Waals surface area contributed by atoms with Crippen LogP contribution in [0.5, 0.6) is 11.5 Å². The lowest BCUT2D eigenvalue weighted by molar-refractivity contribution is -0.130. The number of hydrogen-bond acceptors (Lipinski definition) is 4. The molecule has 4 rings (SSSR count). The third-order valence-electron chi connectivity index (χ3n) is 4.90. The van der Waals surface area contributed by atoms with Gasteiger partial charge in [-0.2, -0.15) is 0 Å². The van der Waals surface area contributed by atoms with Crippen LogP contribution >= 0.6 is 0 Å². The van der Waals surface area contributed by atoms with E-state index in [0.29, 0.717) is 36.8 Å². The van der Waals surface area contributed by atoms with Crippen molar-refractivity contribution < 1.29 is 19.1 Å². The van der Waals surface area contributed by atoms with Gasteiger partial charge in [-0.05, 0) is 30.5 Å². The summed E-state index contributed by atoms with van der Waals surface area (Å²) in [6.07, 6.45) is 1.84. The number of ether oxygens (including phenoxy) is 2. The van der Waals surface area contributed by atoms with Crippen molar-refractivity contribution in [3.63, 3.8) is 0 Å². The highest BCUT2D eigenvalue weighted by Gasteiger charge is 2.34. The van der Waals surface area contributed by atoms with Crippen LogP contribution in [0.1, 0.15) is 28.8 Å². The highest BCUT2D eigenvalue weighted by molar-refractivity contribution is 6.02. The molecule has 5 nitrogen and oxygen atoms in total. The number of amides is 1. The fourth-order valence-electron chi connectivity index (χ4n) is 3.61. The number of carbonyl (C=O) groups excluding carboxylic acids is 2. The molecule has 0 N–H and O–H groups in total. The van der Waals surface area contributed by atoms with E-state index < -0.39 is 0 Å². The summed E-state index contributed by atoms with van der Waals surface area (Å²) in [4.78, 5) is 27.3. The van der Waals surface area contributed by atoms with Crippen molar-refractivity contribution in [3.8, 4) is 11.5 Å². The molecule has 2 aliphatic rings. The van der Waals surface area contributed by atoms with Crippen molar-refractivity contribution in [1.29, 1.82) is 0 Å². The van der Waals surface area contributed by atoms with E-state index in [0.717, 1.165) is 18.4 Å². The van der Waals surface area contributed by atoms with E-state index in [1.165, 1.54) is 0 Å². The van der Waals surface area contributed by atoms with Gasteiger partial charge >= 0.3 is 0 Å². The minimum atomic E-state index is -0.359. The lowest BCUT2D eigenvalue weighted by Crippen LogP contribution is -2.41. The molecule has 5 heteroatoms. The SMILES string of the molecule is O=C(c1ccccc1)C1CCCN1C(=O)Cc1ccc2c(c1)OCCO2. The summed E-state index contributed by atoms with van der Waals surface area (Å²) in [7, 11) is 0. The van der Waals surface area contributed by atoms with Crippen molar-refractivity contribution in [2.75, 3.05) is 19.8 Å². The van der Waals surface area contributed by atoms with Crippen LogP contribution in [0.4, 0.5) is 0 Å². The average Bonchev–Trinajstić information content (AvgIpc) is 3.18. The molecule has 2 aromatic rings. The molecule has 2 aromatic carbocycles. The van der Waals surface area contributed by atoms with Gasteiger partial charge in [0.1, 0.15) is 13.2 Å². The van der Waals surface area contributed by atoms with Gasteiger partial charge in [-0.1, -0.05) is 36.4 Å². The molecule has 1 unspecified atom stereocenters. The number of hydrogen-bond donors (Lipinski definition) is 0. The first-order chi connectivity index (χ1) is 12.7. The van der Waals surface area contributed by atoms with Crippen molar-refractivity contribution in [2.45, 2.75) is 25.3 Å². The highest BCUT2D eigenvalue weighted by Crippen LogP contribution is 2.31. The summed E-state index contributed by atoms with van der Waals surface area (Å²) in [6, 6.07) is 14.4. The zero-order valence-electron chi connectivity index (χ0n) is 14.5. The van der Waals surface area contributed by atoms with Crippen molar-refractivity contribution >= 4 is 11.7 Å². The van der Waals surface area contributed by atoms with Crippen LogP contribution < -0.4 is 9.47 Å². The van der Waals surface area contributed by atoms with Crippen molar-refractivity contribution in [3.05, 3.63) is 59.7 Å². The number of benzene rings is 2. The van der Waals surface area contributed by atoms with Gasteiger partial charge in [-0.3, -0.25) is 9.59 Å². The Morgan fingerprint density at radius 1 is 1.00 bits per heavy atom. The van der Waals surface area contributed by atoms with E-state index in [4.69, 9.17) is 9.47 Å². The highest BCUT2D eigenvalue weighted by atomic mass is 16.6. The summed E-state index contributed by atoms with van der Waals surface area (Å²) < 4.78 is 11.1. The van der Waals surface area contributed by atoms with Gasteiger partial charge in [-0.25, -0.2) is 0 Å². The number of rotatable bonds is 4. The van der Waals surface area contributed by atoms with Crippen LogP contribution in [-0.4, -0.2) is 42.4 Å². The molecule has 2 heterocycles. The normalized spacial score (nSPS) is 18.6. The molecule has 134 valence electrons. The standard InChI is InChI=1S/C21H21NO4/c23-20(14-15-8-9-18-19(13-15)26-12-11-25-18)22-10-4-7-17(22)21(24)16-5-2-1-3-6-16/h1-3,5-6,8-9,13,17H,4,7,10-12,14H2. The Labute approximate surface area is 152 Å². The largest absolute Gasteiger partial charge is 0.486 e. The summed E-state index contributed by atoms with van der Waals surface area (Å²) in [5.41, 5.74) is 1.54. The average molecular weight is 351 g/mol. The first-order valence-corrected chi connectivity index (χ1v) is 8.99. The van der Waals surface area contributed by atoms with Crippen molar-refractivity contribution in [2.24, 2.45) is 0 Å². The number of likely N-dealkylation sites (tertiary alicyclic amines) is 1. The number of fused-ring (bicyclic) bond motifs is 1. The smallest absolute Gasteiger partial charge is 0.227 e. The minimum Gasteiger partial charge on any atom is -0.486 e. The van der Waals surface area contributed by atoms with Gasteiger partial charge in [0.05, 0.1) is 12.5 Å². The second-order valence-electron chi connectivity index (χ2n) is 6.63. The molecule has 0 spiro atoms. The summed E-state index contributed by atoms with van der Waals surface area (Å²) in [6.45, 7) is 1.69. The summed E-state index contributed by atoms with van der Waals surface area (Å²) in [5.74, 6) is 1.40. The van der Waals surface area contributed by atoms with Gasteiger partial charge in [0.2, 0.25) is 5.91 Å². The molecule has 1 saturated heterocycles. The number of ketones is 1. The molecule has 0 aliphatic carbocycles. The third-order valence-corrected chi connectivity index (χ3v) is 4.90. The van der Waals surface area contributed by atoms with Gasteiger partial charge in [0, 0.05) is 12.1 Å². The molecule has 2 aliphatic heterocycles. The molecular weight excluding hydrogens is 330 g/mol. The van der Waals surface area contributed by atoms with Crippen LogP contribution in [0.3, 0.4) is 0 Å². The molecule has 0 radical (unpaired) electrons. The molecule has 1 amide bonds. The van der Waals surface area contributed by atoms with E-state index in [1.807, 2.05) is 48.5 Å². The molecule has 1 fully saturated rings. The molecule has 0 bridgehead atoms. The third kappa shape index (κ3) is 3.29. The lowest BCUT2D eigenvalue weighted by Gasteiger charge is -2.24. The summed E-state index contributed by atoms with van der Waals surface area (Å²) >= 11 is 0. The fraction of sp³-hybridized carbons (Fsp3) is 0.333. The molecule has 26 heavy (non-hydrogen) atoms. The second-order valence-corrected chi connectivity index (χ2v) is 6.63. The van der Waals surface area contributed by atoms with E-state index in [2.05, 4.69) is 0 Å². The zero-order chi connectivity index (χ0) is 17.9. The number of nitrogens with zero attached hydrogens (tertiary/aromatic N) is 1. The Bertz CT molecular complexity index is 818. The fourth-order valence-corrected chi connectivity index (χ4v) is 3.61. The second kappa shape index (κ2) is 7.20. The van der Waals surface area contributed by atoms with Crippen LogP contribution in [0.2, 0.25) is 0 Å². The van der Waals surface area contributed by atoms with Crippen LogP contribution in [-0.2, 0) is 11.2 Å². The van der Waals surface area contributed by atoms with Crippen LogP contribution in [0.25, 0.3) is 0 Å². The predicted octanol–water partition coefficient (Wildman–Crippen LogP) is 2.87. The zero-order valence-corrected chi connectivity index (χ0v) is 14.5. The first-order valence-electron chi connectivity index (χ1n) is 8.99. The maximum Gasteiger partial charge on any atom is 0.227 e. The van der Waals surface area contributed by atoms with Crippen molar-refractivity contribution in [1.82, 2.24) is 4.90 Å². The van der Waals surface area contributed by atoms with Crippen LogP contribution in [0.15, 0.2) is 48.5 Å². The Kier molecular flexibility index (Phi) is 4.61. The lowest BCUT2D eigenvalue weighted by atomic mass is 10.0. The molecule has 1 atom stereocenters. The van der Waals surface area contributed by atoms with Gasteiger partial charge in [0.15, 0.2) is 17.3 Å². The number of Topliss-reactive ketones (excluding diaryl/α,β-unsaturated/α-hetero) is 1. The molecule has 0 saturated carbocycles. The summed E-state index contributed by atoms with van der Waals surface area (Å²) in [5, 5.41) is 0. The maximum atomic E-state index is 12.8. The predicted molar refractivity (Wildman–Crippen MR) is 96.6 cm³/mol. The Balaban J connectivity index is 1.48. The van der Waals surface area contributed by atoms with Gasteiger partial charge < -0.3 is 14.4 Å². The minimum absolute atomic E-state index is 0.0199. The van der Waals surface area contributed by atoms with Crippen LogP contribution in [0, 0.1) is 0 Å². The van der Waals surface area contributed by atoms with E-state index in [1.54, 1.807) is 4.90 Å². The number of carbonyl (C=O) groups is 2. The maximum absolute atomic E-state index is 12.8. The Morgan fingerprint density at radius 3 is 2.58 bits per heavy atom. The van der Waals surface area contributed by atoms with Gasteiger partial charge in [-0.15, -0.1) is 0 Å². The van der Waals surface area contributed by atoms with E-state index in [-0.39, 0.29) is 24.2 Å². The monoisotopic (exact) mass is 351 g/mol. The van der Waals surface area contributed by atoms with Gasteiger partial charge in [0.25, 0.3) is 0 Å². The molecular formula is C21H21NO4. The van der Waals surface area contributed by atoms with E-state index >= 15 is 0 Å². The first kappa shape index (κ1) is 16.6. The quantitative estimate of drug-likeness (QED) is 0.795. The topological polar surface area (TPSA) is 55.8 Å². The Hall–Kier alpha value is -2.82. The molecule has 0 aromatic heterocycles. The van der Waals surface area contributed by atoms with E-state index in [9.17, 15) is 9.59 Å².